The molecule has 2 bridgehead atoms. The van der Waals surface area contributed by atoms with Gasteiger partial charge in [0.1, 0.15) is 60.7 Å². The lowest BCUT2D eigenvalue weighted by Crippen LogP contribution is -2.66. The standard InChI is InChI=1S/C65H64O10/c1-8-23-48(24-9-1)39-66-46-57-60(69-42-51-29-14-4-15-30-51)63(70-43-52-31-16-5-17-32-52)59(68-41-50-27-12-3-13-28-50)55(73-57)37-22-38-56-61-64(71-44-53-33-18-6-19-34-53)65(72-45-54-35-20-7-21-36-54)62(74-56)58(75-61)47-67-40-49-25-10-2-11-26-49/h1-21,23-36,38,55,57-65H,39-47H2/b56-38-/t55-,57-,58-,59+,60-,61-,62-,63-,64+,65-/m1/s1. The zero-order chi connectivity index (χ0) is 50.7. The summed E-state index contributed by atoms with van der Waals surface area (Å²) in [6.45, 7) is 2.95. The van der Waals surface area contributed by atoms with Gasteiger partial charge in [0.25, 0.3) is 0 Å². The molecule has 0 N–H and O–H groups in total. The summed E-state index contributed by atoms with van der Waals surface area (Å²) in [6.07, 6.45) is -4.29. The highest BCUT2D eigenvalue weighted by molar-refractivity contribution is 5.29. The van der Waals surface area contributed by atoms with Crippen LogP contribution in [0.25, 0.3) is 0 Å². The van der Waals surface area contributed by atoms with Gasteiger partial charge in [0.15, 0.2) is 6.10 Å². The predicted molar refractivity (Wildman–Crippen MR) is 285 cm³/mol. The van der Waals surface area contributed by atoms with E-state index in [1.807, 2.05) is 176 Å². The van der Waals surface area contributed by atoms with Crippen LogP contribution in [-0.4, -0.2) is 74.3 Å². The van der Waals surface area contributed by atoms with Crippen LogP contribution in [0.5, 0.6) is 0 Å². The molecule has 7 aromatic carbocycles. The minimum atomic E-state index is -0.791. The Hall–Kier alpha value is -6.72. The zero-order valence-corrected chi connectivity index (χ0v) is 42.0. The second-order valence-electron chi connectivity index (χ2n) is 18.9. The van der Waals surface area contributed by atoms with Gasteiger partial charge in [-0.15, -0.1) is 0 Å². The van der Waals surface area contributed by atoms with Crippen molar-refractivity contribution >= 4 is 0 Å². The average molecular weight is 1010 g/mol. The van der Waals surface area contributed by atoms with Gasteiger partial charge in [-0.3, -0.25) is 0 Å². The molecule has 11 rings (SSSR count). The van der Waals surface area contributed by atoms with Crippen LogP contribution in [-0.2, 0) is 93.6 Å². The van der Waals surface area contributed by atoms with Crippen LogP contribution in [0, 0.1) is 11.8 Å². The Morgan fingerprint density at radius 1 is 0.347 bits per heavy atom. The second-order valence-corrected chi connectivity index (χ2v) is 18.9. The number of rotatable bonds is 23. The number of hydrogen-bond donors (Lipinski definition) is 0. The predicted octanol–water partition coefficient (Wildman–Crippen LogP) is 11.2. The molecular weight excluding hydrogens is 941 g/mol. The molecule has 0 aromatic heterocycles. The summed E-state index contributed by atoms with van der Waals surface area (Å²) in [5.41, 5.74) is 7.22. The molecule has 0 spiro atoms. The monoisotopic (exact) mass is 1000 g/mol. The van der Waals surface area contributed by atoms with E-state index in [0.29, 0.717) is 52.0 Å². The first kappa shape index (κ1) is 51.8. The molecule has 10 atom stereocenters. The number of allylic oxidation sites excluding steroid dienone is 1. The fraction of sp³-hybridized carbons (Fsp3) is 0.292. The van der Waals surface area contributed by atoms with Crippen LogP contribution in [0.3, 0.4) is 0 Å². The van der Waals surface area contributed by atoms with Crippen molar-refractivity contribution in [3.63, 3.8) is 0 Å². The van der Waals surface area contributed by atoms with Crippen molar-refractivity contribution in [3.8, 4) is 11.8 Å². The molecule has 4 aliphatic heterocycles. The van der Waals surface area contributed by atoms with Crippen molar-refractivity contribution in [2.75, 3.05) is 13.2 Å². The van der Waals surface area contributed by atoms with E-state index >= 15 is 0 Å². The largest absolute Gasteiger partial charge is 0.486 e. The van der Waals surface area contributed by atoms with Crippen molar-refractivity contribution in [2.24, 2.45) is 0 Å². The number of hydrogen-bond acceptors (Lipinski definition) is 10. The summed E-state index contributed by atoms with van der Waals surface area (Å²) >= 11 is 0. The Kier molecular flexibility index (Phi) is 18.8. The van der Waals surface area contributed by atoms with Gasteiger partial charge in [-0.25, -0.2) is 0 Å². The van der Waals surface area contributed by atoms with Crippen LogP contribution >= 0.6 is 0 Å². The van der Waals surface area contributed by atoms with Gasteiger partial charge < -0.3 is 47.4 Å². The summed E-state index contributed by atoms with van der Waals surface area (Å²) < 4.78 is 68.1. The topological polar surface area (TPSA) is 92.3 Å². The smallest absolute Gasteiger partial charge is 0.155 e. The van der Waals surface area contributed by atoms with Crippen molar-refractivity contribution in [1.82, 2.24) is 0 Å². The molecule has 0 aliphatic carbocycles. The first-order valence-corrected chi connectivity index (χ1v) is 25.9. The van der Waals surface area contributed by atoms with Gasteiger partial charge >= 0.3 is 0 Å². The molecule has 0 unspecified atom stereocenters. The third kappa shape index (κ3) is 14.6. The van der Waals surface area contributed by atoms with Crippen LogP contribution in [0.15, 0.2) is 224 Å². The summed E-state index contributed by atoms with van der Waals surface area (Å²) in [5, 5.41) is 0. The molecular formula is C65H64O10. The summed E-state index contributed by atoms with van der Waals surface area (Å²) in [5.74, 6) is 7.37. The third-order valence-electron chi connectivity index (χ3n) is 13.5. The molecule has 4 saturated heterocycles. The molecule has 10 nitrogen and oxygen atoms in total. The molecule has 384 valence electrons. The minimum absolute atomic E-state index is 0.212. The van der Waals surface area contributed by atoms with Crippen LogP contribution in [0.1, 0.15) is 38.9 Å². The normalized spacial score (nSPS) is 24.5. The Labute approximate surface area is 441 Å². The molecule has 4 heterocycles. The SMILES string of the molecule is C(#C[C@H]1O[C@H](COCc2ccccc2)[C@@H](OCc2ccccc2)[C@H](OCc2ccccc2)[C@H]1OCc1ccccc1)/C=C1\O[C@H]2[C@@H](OCc3ccccc3)[C@@H](OCc3ccccc3)[C@@H]1O[C@@H]2COCc1ccccc1. The van der Waals surface area contributed by atoms with Gasteiger partial charge in [0.2, 0.25) is 0 Å². The third-order valence-corrected chi connectivity index (χ3v) is 13.5. The van der Waals surface area contributed by atoms with Crippen LogP contribution in [0.4, 0.5) is 0 Å². The second kappa shape index (κ2) is 27.2. The van der Waals surface area contributed by atoms with E-state index in [9.17, 15) is 0 Å². The van der Waals surface area contributed by atoms with Crippen molar-refractivity contribution in [3.05, 3.63) is 263 Å². The molecule has 0 amide bonds. The van der Waals surface area contributed by atoms with E-state index in [1.54, 1.807) is 6.08 Å². The summed E-state index contributed by atoms with van der Waals surface area (Å²) in [7, 11) is 0. The fourth-order valence-corrected chi connectivity index (χ4v) is 9.63. The lowest BCUT2D eigenvalue weighted by atomic mass is 9.89. The maximum atomic E-state index is 7.07. The molecule has 4 fully saturated rings. The van der Waals surface area contributed by atoms with Gasteiger partial charge in [0.05, 0.1) is 59.5 Å². The lowest BCUT2D eigenvalue weighted by molar-refractivity contribution is -0.298. The van der Waals surface area contributed by atoms with E-state index in [-0.39, 0.29) is 13.2 Å². The molecule has 0 saturated carbocycles. The fourth-order valence-electron chi connectivity index (χ4n) is 9.63. The van der Waals surface area contributed by atoms with E-state index < -0.39 is 61.0 Å². The maximum Gasteiger partial charge on any atom is 0.155 e. The molecule has 0 radical (unpaired) electrons. The number of ether oxygens (including phenoxy) is 10. The Balaban J connectivity index is 0.976. The van der Waals surface area contributed by atoms with Crippen molar-refractivity contribution < 1.29 is 47.4 Å². The Morgan fingerprint density at radius 3 is 1.12 bits per heavy atom. The molecule has 4 aliphatic rings. The summed E-state index contributed by atoms with van der Waals surface area (Å²) in [6, 6.07) is 70.8. The van der Waals surface area contributed by atoms with Gasteiger partial charge in [-0.2, -0.15) is 0 Å². The van der Waals surface area contributed by atoms with Crippen molar-refractivity contribution in [2.45, 2.75) is 107 Å². The maximum absolute atomic E-state index is 7.07. The Morgan fingerprint density at radius 2 is 0.693 bits per heavy atom. The van der Waals surface area contributed by atoms with Gasteiger partial charge in [-0.05, 0) is 38.9 Å². The molecule has 7 aromatic rings. The summed E-state index contributed by atoms with van der Waals surface area (Å²) in [4.78, 5) is 0. The van der Waals surface area contributed by atoms with E-state index in [2.05, 4.69) is 48.2 Å². The molecule has 75 heavy (non-hydrogen) atoms. The van der Waals surface area contributed by atoms with Gasteiger partial charge in [0, 0.05) is 6.08 Å². The highest BCUT2D eigenvalue weighted by Crippen LogP contribution is 2.40. The highest BCUT2D eigenvalue weighted by Gasteiger charge is 2.56. The highest BCUT2D eigenvalue weighted by atomic mass is 16.7. The first-order chi connectivity index (χ1) is 37.2. The van der Waals surface area contributed by atoms with Crippen molar-refractivity contribution in [1.29, 1.82) is 0 Å². The molecule has 10 heteroatoms. The Bertz CT molecular complexity index is 2830. The number of fused-ring (bicyclic) bond motifs is 3. The van der Waals surface area contributed by atoms with E-state index in [0.717, 1.165) is 38.9 Å². The van der Waals surface area contributed by atoms with Crippen LogP contribution < -0.4 is 0 Å². The zero-order valence-electron chi connectivity index (χ0n) is 42.0. The van der Waals surface area contributed by atoms with Crippen LogP contribution in [0.2, 0.25) is 0 Å². The quantitative estimate of drug-likeness (QED) is 0.0577. The lowest BCUT2D eigenvalue weighted by Gasteiger charge is -2.51. The van der Waals surface area contributed by atoms with Gasteiger partial charge in [-0.1, -0.05) is 224 Å². The average Bonchev–Trinajstić information content (AvgIpc) is 3.48. The van der Waals surface area contributed by atoms with E-state index in [1.165, 1.54) is 0 Å². The van der Waals surface area contributed by atoms with E-state index in [4.69, 9.17) is 47.4 Å². The first-order valence-electron chi connectivity index (χ1n) is 25.9. The minimum Gasteiger partial charge on any atom is -0.486 e. The number of benzene rings is 7.